The molecular weight excluding hydrogens is 389 g/mol. The first-order valence-corrected chi connectivity index (χ1v) is 9.64. The highest BCUT2D eigenvalue weighted by Crippen LogP contribution is 2.28. The molecule has 3 heterocycles. The highest BCUT2D eigenvalue weighted by Gasteiger charge is 2.43. The molecule has 0 radical (unpaired) electrons. The van der Waals surface area contributed by atoms with Gasteiger partial charge < -0.3 is 19.9 Å². The van der Waals surface area contributed by atoms with Crippen molar-refractivity contribution in [3.05, 3.63) is 65.7 Å². The second-order valence-corrected chi connectivity index (χ2v) is 7.32. The molecule has 156 valence electrons. The van der Waals surface area contributed by atoms with Gasteiger partial charge in [0.1, 0.15) is 11.8 Å². The number of nitrogens with one attached hydrogen (secondary N) is 1. The summed E-state index contributed by atoms with van der Waals surface area (Å²) < 4.78 is 24.8. The van der Waals surface area contributed by atoms with Gasteiger partial charge in [0.2, 0.25) is 11.8 Å². The molecule has 1 aliphatic heterocycles. The van der Waals surface area contributed by atoms with Gasteiger partial charge in [-0.2, -0.15) is 9.37 Å². The summed E-state index contributed by atoms with van der Waals surface area (Å²) in [5.41, 5.74) is 0.0699. The Bertz CT molecular complexity index is 1080. The van der Waals surface area contributed by atoms with Crippen LogP contribution in [0.5, 0.6) is 5.88 Å². The molecule has 0 saturated carbocycles. The summed E-state index contributed by atoms with van der Waals surface area (Å²) >= 11 is 0. The normalized spacial score (nSPS) is 21.4. The lowest BCUT2D eigenvalue weighted by molar-refractivity contribution is -0.0677. The molecule has 8 heteroatoms. The Balaban J connectivity index is 1.64. The number of carbonyl (C=O) groups excluding carboxylic acids is 1. The van der Waals surface area contributed by atoms with E-state index in [1.165, 1.54) is 7.11 Å². The average molecular weight is 411 g/mol. The van der Waals surface area contributed by atoms with E-state index >= 15 is 0 Å². The zero-order valence-corrected chi connectivity index (χ0v) is 16.5. The Morgan fingerprint density at radius 2 is 2.10 bits per heavy atom. The Hall–Kier alpha value is -3.10. The van der Waals surface area contributed by atoms with E-state index in [2.05, 4.69) is 15.3 Å². The number of methoxy groups -OCH3 is 1. The monoisotopic (exact) mass is 411 g/mol. The van der Waals surface area contributed by atoms with Crippen LogP contribution in [0.3, 0.4) is 0 Å². The second-order valence-electron chi connectivity index (χ2n) is 7.32. The Labute approximate surface area is 172 Å². The largest absolute Gasteiger partial charge is 0.481 e. The maximum Gasteiger partial charge on any atom is 0.270 e. The molecular formula is C22H22FN3O4. The van der Waals surface area contributed by atoms with Crippen LogP contribution in [0.15, 0.2) is 48.5 Å². The number of halogens is 1. The number of aromatic nitrogens is 2. The van der Waals surface area contributed by atoms with Crippen LogP contribution < -0.4 is 10.1 Å². The summed E-state index contributed by atoms with van der Waals surface area (Å²) in [5, 5.41) is 14.5. The molecule has 0 bridgehead atoms. The molecule has 0 unspecified atom stereocenters. The summed E-state index contributed by atoms with van der Waals surface area (Å²) in [4.78, 5) is 21.2. The summed E-state index contributed by atoms with van der Waals surface area (Å²) in [7, 11) is 1.40. The topological polar surface area (TPSA) is 93.6 Å². The lowest BCUT2D eigenvalue weighted by Crippen LogP contribution is -2.62. The Morgan fingerprint density at radius 1 is 1.27 bits per heavy atom. The van der Waals surface area contributed by atoms with Crippen molar-refractivity contribution < 1.29 is 23.8 Å². The van der Waals surface area contributed by atoms with Gasteiger partial charge in [-0.05, 0) is 24.6 Å². The summed E-state index contributed by atoms with van der Waals surface area (Å²) in [5.74, 6) is -0.990. The van der Waals surface area contributed by atoms with Gasteiger partial charge in [0.25, 0.3) is 5.91 Å². The van der Waals surface area contributed by atoms with Gasteiger partial charge in [0.15, 0.2) is 0 Å². The van der Waals surface area contributed by atoms with Crippen LogP contribution in [0.4, 0.5) is 4.39 Å². The molecule has 30 heavy (non-hydrogen) atoms. The summed E-state index contributed by atoms with van der Waals surface area (Å²) in [6.45, 7) is 0.365. The standard InChI is InChI=1S/C22H22FN3O4/c1-29-19-9-7-15(20(23)25-19)12-22(10-11-30-13-18(22)27)26-21(28)17-8-6-14-4-2-3-5-16(14)24-17/h2-9,18,27H,10-13H2,1H3,(H,26,28)/t18-,22+/m0/s1. The van der Waals surface area contributed by atoms with Gasteiger partial charge in [-0.15, -0.1) is 0 Å². The third-order valence-electron chi connectivity index (χ3n) is 5.42. The molecule has 7 nitrogen and oxygen atoms in total. The second kappa shape index (κ2) is 8.33. The lowest BCUT2D eigenvalue weighted by Gasteiger charge is -2.42. The van der Waals surface area contributed by atoms with E-state index in [1.807, 2.05) is 30.3 Å². The zero-order chi connectivity index (χ0) is 21.1. The number of aliphatic hydroxyl groups is 1. The van der Waals surface area contributed by atoms with Gasteiger partial charge in [0.05, 0.1) is 24.8 Å². The van der Waals surface area contributed by atoms with Crippen molar-refractivity contribution in [1.29, 1.82) is 0 Å². The van der Waals surface area contributed by atoms with Crippen molar-refractivity contribution in [1.82, 2.24) is 15.3 Å². The number of aliphatic hydroxyl groups excluding tert-OH is 1. The molecule has 2 aromatic heterocycles. The number of ether oxygens (including phenoxy) is 2. The van der Waals surface area contributed by atoms with Crippen molar-refractivity contribution in [2.24, 2.45) is 0 Å². The van der Waals surface area contributed by atoms with Crippen molar-refractivity contribution in [3.63, 3.8) is 0 Å². The van der Waals surface area contributed by atoms with E-state index in [-0.39, 0.29) is 30.2 Å². The molecule has 1 fully saturated rings. The Kier molecular flexibility index (Phi) is 5.61. The summed E-state index contributed by atoms with van der Waals surface area (Å²) in [6, 6.07) is 14.0. The first-order chi connectivity index (χ1) is 14.5. The third-order valence-corrected chi connectivity index (χ3v) is 5.42. The van der Waals surface area contributed by atoms with Crippen LogP contribution in [0.25, 0.3) is 10.9 Å². The van der Waals surface area contributed by atoms with Gasteiger partial charge in [-0.25, -0.2) is 4.98 Å². The van der Waals surface area contributed by atoms with Crippen LogP contribution in [-0.2, 0) is 11.2 Å². The van der Waals surface area contributed by atoms with Gasteiger partial charge in [-0.1, -0.05) is 24.3 Å². The van der Waals surface area contributed by atoms with Crippen LogP contribution in [-0.4, -0.2) is 52.9 Å². The van der Waals surface area contributed by atoms with Crippen molar-refractivity contribution >= 4 is 16.8 Å². The average Bonchev–Trinajstić information content (AvgIpc) is 2.76. The van der Waals surface area contributed by atoms with E-state index in [0.29, 0.717) is 18.5 Å². The fourth-order valence-electron chi connectivity index (χ4n) is 3.69. The minimum Gasteiger partial charge on any atom is -0.481 e. The van der Waals surface area contributed by atoms with Gasteiger partial charge >= 0.3 is 0 Å². The molecule has 4 rings (SSSR count). The van der Waals surface area contributed by atoms with Crippen LogP contribution in [0, 0.1) is 5.95 Å². The number of hydrogen-bond donors (Lipinski definition) is 2. The first kappa shape index (κ1) is 20.2. The molecule has 2 atom stereocenters. The van der Waals surface area contributed by atoms with E-state index in [9.17, 15) is 14.3 Å². The number of rotatable bonds is 5. The van der Waals surface area contributed by atoms with Crippen molar-refractivity contribution in [3.8, 4) is 5.88 Å². The Morgan fingerprint density at radius 3 is 2.87 bits per heavy atom. The lowest BCUT2D eigenvalue weighted by atomic mass is 9.81. The smallest absolute Gasteiger partial charge is 0.270 e. The van der Waals surface area contributed by atoms with Crippen molar-refractivity contribution in [2.45, 2.75) is 24.5 Å². The number of fused-ring (bicyclic) bond motifs is 1. The van der Waals surface area contributed by atoms with E-state index in [0.717, 1.165) is 5.39 Å². The number of amides is 1. The van der Waals surface area contributed by atoms with Crippen LogP contribution in [0.2, 0.25) is 0 Å². The maximum absolute atomic E-state index is 14.5. The quantitative estimate of drug-likeness (QED) is 0.626. The summed E-state index contributed by atoms with van der Waals surface area (Å²) in [6.07, 6.45) is -0.643. The highest BCUT2D eigenvalue weighted by molar-refractivity contribution is 5.95. The van der Waals surface area contributed by atoms with Crippen LogP contribution in [0.1, 0.15) is 22.5 Å². The fourth-order valence-corrected chi connectivity index (χ4v) is 3.69. The number of benzene rings is 1. The molecule has 1 saturated heterocycles. The number of nitrogens with zero attached hydrogens (tertiary/aromatic N) is 2. The molecule has 1 amide bonds. The molecule has 3 aromatic rings. The zero-order valence-electron chi connectivity index (χ0n) is 16.5. The predicted molar refractivity (Wildman–Crippen MR) is 108 cm³/mol. The SMILES string of the molecule is COc1ccc(C[C@]2(NC(=O)c3ccc4ccccc4n3)CCOC[C@@H]2O)c(F)n1. The number of hydrogen-bond acceptors (Lipinski definition) is 6. The minimum absolute atomic E-state index is 0.0383. The highest BCUT2D eigenvalue weighted by atomic mass is 19.1. The van der Waals surface area contributed by atoms with Gasteiger partial charge in [-0.3, -0.25) is 4.79 Å². The van der Waals surface area contributed by atoms with Gasteiger partial charge in [0, 0.05) is 30.0 Å². The molecule has 1 aromatic carbocycles. The molecule has 0 spiro atoms. The fraction of sp³-hybridized carbons (Fsp3) is 0.318. The van der Waals surface area contributed by atoms with E-state index in [1.54, 1.807) is 18.2 Å². The third kappa shape index (κ3) is 3.96. The maximum atomic E-state index is 14.5. The number of pyridine rings is 2. The van der Waals surface area contributed by atoms with E-state index < -0.39 is 23.5 Å². The van der Waals surface area contributed by atoms with Crippen LogP contribution >= 0.6 is 0 Å². The molecule has 0 aliphatic carbocycles. The van der Waals surface area contributed by atoms with E-state index in [4.69, 9.17) is 9.47 Å². The van der Waals surface area contributed by atoms with Crippen molar-refractivity contribution in [2.75, 3.05) is 20.3 Å². The first-order valence-electron chi connectivity index (χ1n) is 9.64. The number of para-hydroxylation sites is 1. The molecule has 1 aliphatic rings. The minimum atomic E-state index is -1.11. The number of carbonyl (C=O) groups is 1. The molecule has 2 N–H and O–H groups in total. The predicted octanol–water partition coefficient (Wildman–Crippen LogP) is 2.27.